The molecule has 1 aromatic heterocycles. The minimum atomic E-state index is 0.543. The summed E-state index contributed by atoms with van der Waals surface area (Å²) in [6, 6.07) is 14.0. The van der Waals surface area contributed by atoms with Crippen molar-refractivity contribution in [2.24, 2.45) is 0 Å². The summed E-state index contributed by atoms with van der Waals surface area (Å²) < 4.78 is 0. The molecule has 3 rings (SSSR count). The first-order valence-corrected chi connectivity index (χ1v) is 6.86. The molecule has 0 saturated heterocycles. The van der Waals surface area contributed by atoms with Gasteiger partial charge < -0.3 is 0 Å². The minimum Gasteiger partial charge on any atom is -0.126 e. The molecule has 0 fully saturated rings. The van der Waals surface area contributed by atoms with Gasteiger partial charge in [0.1, 0.15) is 0 Å². The van der Waals surface area contributed by atoms with Gasteiger partial charge in [0.15, 0.2) is 0 Å². The second-order valence-corrected chi connectivity index (χ2v) is 5.19. The lowest BCUT2D eigenvalue weighted by atomic mass is 9.99. The van der Waals surface area contributed by atoms with E-state index in [4.69, 9.17) is 0 Å². The van der Waals surface area contributed by atoms with E-state index in [1.54, 1.807) is 0 Å². The van der Waals surface area contributed by atoms with Crippen molar-refractivity contribution >= 4 is 0 Å². The third-order valence-corrected chi connectivity index (χ3v) is 3.41. The van der Waals surface area contributed by atoms with Crippen LogP contribution in [0.4, 0.5) is 0 Å². The Bertz CT molecular complexity index is 742. The third-order valence-electron chi connectivity index (χ3n) is 3.41. The lowest BCUT2D eigenvalue weighted by Crippen LogP contribution is -2.01. The van der Waals surface area contributed by atoms with E-state index >= 15 is 0 Å². The van der Waals surface area contributed by atoms with E-state index in [-0.39, 0.29) is 0 Å². The van der Waals surface area contributed by atoms with Crippen LogP contribution in [0.3, 0.4) is 0 Å². The number of hydrogen-bond acceptors (Lipinski definition) is 4. The highest BCUT2D eigenvalue weighted by Crippen LogP contribution is 2.25. The smallest absolute Gasteiger partial charge is 0.126 e. The average molecular weight is 276 g/mol. The van der Waals surface area contributed by atoms with E-state index in [1.165, 1.54) is 5.56 Å². The second-order valence-electron chi connectivity index (χ2n) is 5.19. The fourth-order valence-electron chi connectivity index (χ4n) is 2.56. The maximum atomic E-state index is 4.25. The van der Waals surface area contributed by atoms with E-state index < -0.39 is 0 Å². The van der Waals surface area contributed by atoms with Crippen LogP contribution < -0.4 is 0 Å². The molecule has 0 saturated carbocycles. The Morgan fingerprint density at radius 1 is 0.667 bits per heavy atom. The number of hydrogen-bond donors (Lipinski definition) is 0. The Balaban J connectivity index is 2.03. The van der Waals surface area contributed by atoms with E-state index in [0.717, 1.165) is 22.3 Å². The van der Waals surface area contributed by atoms with Gasteiger partial charge in [0, 0.05) is 11.1 Å². The van der Waals surface area contributed by atoms with Crippen molar-refractivity contribution in [3.05, 3.63) is 59.2 Å². The summed E-state index contributed by atoms with van der Waals surface area (Å²) in [6.45, 7) is 6.20. The van der Waals surface area contributed by atoms with Gasteiger partial charge >= 0.3 is 0 Å². The van der Waals surface area contributed by atoms with E-state index in [0.29, 0.717) is 11.6 Å². The lowest BCUT2D eigenvalue weighted by molar-refractivity contribution is 0.873. The first-order chi connectivity index (χ1) is 10.1. The molecule has 0 N–H and O–H groups in total. The number of rotatable bonds is 2. The third kappa shape index (κ3) is 2.65. The Morgan fingerprint density at radius 3 is 1.76 bits per heavy atom. The van der Waals surface area contributed by atoms with Gasteiger partial charge in [0.25, 0.3) is 0 Å². The summed E-state index contributed by atoms with van der Waals surface area (Å²) >= 11 is 0. The van der Waals surface area contributed by atoms with Crippen molar-refractivity contribution in [1.82, 2.24) is 20.4 Å². The van der Waals surface area contributed by atoms with E-state index in [9.17, 15) is 0 Å². The van der Waals surface area contributed by atoms with Crippen LogP contribution in [0, 0.1) is 20.8 Å². The minimum absolute atomic E-state index is 0.543. The molecule has 0 spiro atoms. The summed E-state index contributed by atoms with van der Waals surface area (Å²) in [5, 5.41) is 16.9. The van der Waals surface area contributed by atoms with Crippen LogP contribution in [-0.2, 0) is 0 Å². The highest BCUT2D eigenvalue weighted by Gasteiger charge is 2.11. The zero-order valence-electron chi connectivity index (χ0n) is 12.3. The van der Waals surface area contributed by atoms with Gasteiger partial charge in [-0.05, 0) is 31.9 Å². The number of aromatic nitrogens is 4. The molecular weight excluding hydrogens is 260 g/mol. The first-order valence-electron chi connectivity index (χ1n) is 6.86. The Morgan fingerprint density at radius 2 is 1.19 bits per heavy atom. The van der Waals surface area contributed by atoms with Crippen molar-refractivity contribution in [3.63, 3.8) is 0 Å². The topological polar surface area (TPSA) is 51.6 Å². The Hall–Kier alpha value is -2.62. The normalized spacial score (nSPS) is 10.6. The molecule has 0 unspecified atom stereocenters. The van der Waals surface area contributed by atoms with Crippen molar-refractivity contribution in [2.45, 2.75) is 20.8 Å². The largest absolute Gasteiger partial charge is 0.204 e. The maximum Gasteiger partial charge on any atom is 0.204 e. The van der Waals surface area contributed by atoms with Gasteiger partial charge in [-0.15, -0.1) is 20.4 Å². The first kappa shape index (κ1) is 13.4. The van der Waals surface area contributed by atoms with Crippen molar-refractivity contribution in [1.29, 1.82) is 0 Å². The van der Waals surface area contributed by atoms with Crippen LogP contribution >= 0.6 is 0 Å². The fourth-order valence-corrected chi connectivity index (χ4v) is 2.56. The summed E-state index contributed by atoms with van der Waals surface area (Å²) in [7, 11) is 0. The highest BCUT2D eigenvalue weighted by molar-refractivity contribution is 5.65. The van der Waals surface area contributed by atoms with Crippen molar-refractivity contribution in [3.8, 4) is 22.8 Å². The van der Waals surface area contributed by atoms with Gasteiger partial charge in [0.2, 0.25) is 11.6 Å². The molecule has 0 bridgehead atoms. The van der Waals surface area contributed by atoms with Crippen molar-refractivity contribution < 1.29 is 0 Å². The SMILES string of the molecule is Cc1cc(C)c(-c2nnc(-c3ccccc3)nn2)c(C)c1. The summed E-state index contributed by atoms with van der Waals surface area (Å²) in [4.78, 5) is 0. The van der Waals surface area contributed by atoms with Crippen LogP contribution in [0.1, 0.15) is 16.7 Å². The molecule has 104 valence electrons. The van der Waals surface area contributed by atoms with Gasteiger partial charge in [0.05, 0.1) is 0 Å². The predicted molar refractivity (Wildman–Crippen MR) is 82.7 cm³/mol. The van der Waals surface area contributed by atoms with E-state index in [2.05, 4.69) is 53.3 Å². The Kier molecular flexibility index (Phi) is 3.44. The molecule has 21 heavy (non-hydrogen) atoms. The molecule has 4 nitrogen and oxygen atoms in total. The average Bonchev–Trinajstić information content (AvgIpc) is 2.48. The van der Waals surface area contributed by atoms with Gasteiger partial charge in [-0.3, -0.25) is 0 Å². The predicted octanol–water partition coefficient (Wildman–Crippen LogP) is 3.53. The molecule has 0 aliphatic carbocycles. The molecule has 4 heteroatoms. The van der Waals surface area contributed by atoms with Gasteiger partial charge in [-0.1, -0.05) is 48.0 Å². The summed E-state index contributed by atoms with van der Waals surface area (Å²) in [5.41, 5.74) is 5.45. The Labute approximate surface area is 123 Å². The fraction of sp³-hybridized carbons (Fsp3) is 0.176. The molecule has 0 atom stereocenters. The molecule has 0 amide bonds. The van der Waals surface area contributed by atoms with Crippen LogP contribution in [0.5, 0.6) is 0 Å². The van der Waals surface area contributed by atoms with Crippen molar-refractivity contribution in [2.75, 3.05) is 0 Å². The van der Waals surface area contributed by atoms with Crippen LogP contribution in [0.2, 0.25) is 0 Å². The molecule has 0 aliphatic heterocycles. The monoisotopic (exact) mass is 276 g/mol. The molecule has 2 aromatic carbocycles. The summed E-state index contributed by atoms with van der Waals surface area (Å²) in [6.07, 6.45) is 0. The molecule has 1 heterocycles. The zero-order valence-corrected chi connectivity index (χ0v) is 12.3. The second kappa shape index (κ2) is 5.40. The number of benzene rings is 2. The quantitative estimate of drug-likeness (QED) is 0.718. The van der Waals surface area contributed by atoms with Gasteiger partial charge in [-0.25, -0.2) is 0 Å². The van der Waals surface area contributed by atoms with E-state index in [1.807, 2.05) is 30.3 Å². The van der Waals surface area contributed by atoms with Crippen LogP contribution in [-0.4, -0.2) is 20.4 Å². The zero-order chi connectivity index (χ0) is 14.8. The maximum absolute atomic E-state index is 4.25. The van der Waals surface area contributed by atoms with Gasteiger partial charge in [-0.2, -0.15) is 0 Å². The molecule has 0 radical (unpaired) electrons. The molecular formula is C17H16N4. The summed E-state index contributed by atoms with van der Waals surface area (Å²) in [5.74, 6) is 1.12. The standard InChI is InChI=1S/C17H16N4/c1-11-9-12(2)15(13(3)10-11)17-20-18-16(19-21-17)14-7-5-4-6-8-14/h4-10H,1-3H3. The highest BCUT2D eigenvalue weighted by atomic mass is 15.3. The molecule has 0 aliphatic rings. The molecule has 3 aromatic rings. The van der Waals surface area contributed by atoms with Crippen LogP contribution in [0.15, 0.2) is 42.5 Å². The number of aryl methyl sites for hydroxylation is 3. The lowest BCUT2D eigenvalue weighted by Gasteiger charge is -2.09. The number of nitrogens with zero attached hydrogens (tertiary/aromatic N) is 4. The van der Waals surface area contributed by atoms with Crippen LogP contribution in [0.25, 0.3) is 22.8 Å².